The van der Waals surface area contributed by atoms with Crippen molar-refractivity contribution in [2.45, 2.75) is 39.2 Å². The molecule has 2 N–H and O–H groups in total. The number of carboxylic acids is 1. The number of pyridine rings is 1. The SMILES string of the molecule is CCCCC(Nc1ccc(C#N)c(C)n1)C(=O)O. The van der Waals surface area contributed by atoms with E-state index in [0.29, 0.717) is 23.5 Å². The fourth-order valence-corrected chi connectivity index (χ4v) is 1.60. The topological polar surface area (TPSA) is 86.0 Å². The first-order valence-electron chi connectivity index (χ1n) is 5.95. The second-order valence-electron chi connectivity index (χ2n) is 4.12. The number of aromatic nitrogens is 1. The van der Waals surface area contributed by atoms with Crippen LogP contribution in [0.4, 0.5) is 5.82 Å². The molecule has 18 heavy (non-hydrogen) atoms. The highest BCUT2D eigenvalue weighted by molar-refractivity contribution is 5.76. The fourth-order valence-electron chi connectivity index (χ4n) is 1.60. The molecule has 1 atom stereocenters. The number of nitrogens with zero attached hydrogens (tertiary/aromatic N) is 2. The number of hydrogen-bond donors (Lipinski definition) is 2. The lowest BCUT2D eigenvalue weighted by Gasteiger charge is -2.15. The molecule has 1 heterocycles. The first kappa shape index (κ1) is 14.0. The summed E-state index contributed by atoms with van der Waals surface area (Å²) in [4.78, 5) is 15.3. The normalized spacial score (nSPS) is 11.6. The van der Waals surface area contributed by atoms with Gasteiger partial charge in [0.2, 0.25) is 0 Å². The van der Waals surface area contributed by atoms with Crippen LogP contribution in [0.3, 0.4) is 0 Å². The Kier molecular flexibility index (Phi) is 5.12. The molecule has 0 bridgehead atoms. The van der Waals surface area contributed by atoms with E-state index in [2.05, 4.69) is 10.3 Å². The van der Waals surface area contributed by atoms with Crippen LogP contribution in [0.25, 0.3) is 0 Å². The molecule has 0 spiro atoms. The molecule has 0 aliphatic heterocycles. The largest absolute Gasteiger partial charge is 0.480 e. The van der Waals surface area contributed by atoms with E-state index in [1.165, 1.54) is 0 Å². The van der Waals surface area contributed by atoms with E-state index in [-0.39, 0.29) is 0 Å². The van der Waals surface area contributed by atoms with E-state index in [1.807, 2.05) is 13.0 Å². The minimum Gasteiger partial charge on any atom is -0.480 e. The third kappa shape index (κ3) is 3.74. The van der Waals surface area contributed by atoms with E-state index < -0.39 is 12.0 Å². The zero-order valence-electron chi connectivity index (χ0n) is 10.6. The number of aliphatic carboxylic acids is 1. The number of rotatable bonds is 6. The predicted molar refractivity (Wildman–Crippen MR) is 68.3 cm³/mol. The smallest absolute Gasteiger partial charge is 0.326 e. The van der Waals surface area contributed by atoms with Gasteiger partial charge >= 0.3 is 5.97 Å². The summed E-state index contributed by atoms with van der Waals surface area (Å²) in [5.41, 5.74) is 1.10. The Balaban J connectivity index is 2.78. The molecule has 5 heteroatoms. The zero-order valence-corrected chi connectivity index (χ0v) is 10.6. The lowest BCUT2D eigenvalue weighted by atomic mass is 10.1. The first-order valence-corrected chi connectivity index (χ1v) is 5.95. The second-order valence-corrected chi connectivity index (χ2v) is 4.12. The molecule has 0 saturated heterocycles. The van der Waals surface area contributed by atoms with Crippen LogP contribution in [0.1, 0.15) is 37.4 Å². The van der Waals surface area contributed by atoms with Gasteiger partial charge in [-0.3, -0.25) is 0 Å². The van der Waals surface area contributed by atoms with Crippen molar-refractivity contribution in [2.24, 2.45) is 0 Å². The minimum absolute atomic E-state index is 0.495. The third-order valence-corrected chi connectivity index (χ3v) is 2.67. The number of hydrogen-bond acceptors (Lipinski definition) is 4. The van der Waals surface area contributed by atoms with E-state index in [9.17, 15) is 4.79 Å². The number of carbonyl (C=O) groups is 1. The highest BCUT2D eigenvalue weighted by Gasteiger charge is 2.17. The molecule has 1 aromatic heterocycles. The molecule has 0 fully saturated rings. The Morgan fingerprint density at radius 3 is 2.83 bits per heavy atom. The van der Waals surface area contributed by atoms with Crippen molar-refractivity contribution in [3.63, 3.8) is 0 Å². The maximum absolute atomic E-state index is 11.1. The highest BCUT2D eigenvalue weighted by atomic mass is 16.4. The van der Waals surface area contributed by atoms with Crippen LogP contribution in [0.2, 0.25) is 0 Å². The summed E-state index contributed by atoms with van der Waals surface area (Å²) in [6, 6.07) is 4.67. The molecule has 0 saturated carbocycles. The van der Waals surface area contributed by atoms with Crippen molar-refractivity contribution in [1.82, 2.24) is 4.98 Å². The average Bonchev–Trinajstić information content (AvgIpc) is 2.34. The zero-order chi connectivity index (χ0) is 13.5. The maximum atomic E-state index is 11.1. The summed E-state index contributed by atoms with van der Waals surface area (Å²) < 4.78 is 0. The van der Waals surface area contributed by atoms with Gasteiger partial charge in [0.1, 0.15) is 17.9 Å². The Hall–Kier alpha value is -2.09. The molecule has 0 radical (unpaired) electrons. The van der Waals surface area contributed by atoms with Crippen LogP contribution in [0.5, 0.6) is 0 Å². The van der Waals surface area contributed by atoms with E-state index in [4.69, 9.17) is 10.4 Å². The third-order valence-electron chi connectivity index (χ3n) is 2.67. The summed E-state index contributed by atoms with van der Waals surface area (Å²) >= 11 is 0. The van der Waals surface area contributed by atoms with Crippen LogP contribution in [-0.4, -0.2) is 22.1 Å². The van der Waals surface area contributed by atoms with Crippen molar-refractivity contribution in [3.8, 4) is 6.07 Å². The van der Waals surface area contributed by atoms with Gasteiger partial charge in [-0.15, -0.1) is 0 Å². The molecule has 0 amide bonds. The van der Waals surface area contributed by atoms with Gasteiger partial charge < -0.3 is 10.4 Å². The van der Waals surface area contributed by atoms with Gasteiger partial charge in [-0.1, -0.05) is 19.8 Å². The number of aryl methyl sites for hydroxylation is 1. The van der Waals surface area contributed by atoms with Crippen LogP contribution >= 0.6 is 0 Å². The lowest BCUT2D eigenvalue weighted by molar-refractivity contribution is -0.138. The quantitative estimate of drug-likeness (QED) is 0.805. The molecule has 5 nitrogen and oxygen atoms in total. The van der Waals surface area contributed by atoms with E-state index in [1.54, 1.807) is 19.1 Å². The maximum Gasteiger partial charge on any atom is 0.326 e. The number of nitrogens with one attached hydrogen (secondary N) is 1. The molecule has 1 rings (SSSR count). The summed E-state index contributed by atoms with van der Waals surface area (Å²) in [5.74, 6) is -0.387. The average molecular weight is 247 g/mol. The number of carboxylic acid groups (broad SMARTS) is 1. The van der Waals surface area contributed by atoms with E-state index in [0.717, 1.165) is 12.8 Å². The molecular weight excluding hydrogens is 230 g/mol. The summed E-state index contributed by atoms with van der Waals surface area (Å²) in [6.45, 7) is 3.74. The summed E-state index contributed by atoms with van der Waals surface area (Å²) in [5, 5.41) is 20.8. The Morgan fingerprint density at radius 2 is 2.33 bits per heavy atom. The Labute approximate surface area is 106 Å². The van der Waals surface area contributed by atoms with Crippen LogP contribution in [-0.2, 0) is 4.79 Å². The predicted octanol–water partition coefficient (Wildman–Crippen LogP) is 2.32. The molecule has 1 aromatic rings. The van der Waals surface area contributed by atoms with Gasteiger partial charge in [0.15, 0.2) is 0 Å². The molecule has 0 aromatic carbocycles. The lowest BCUT2D eigenvalue weighted by Crippen LogP contribution is -2.29. The molecular formula is C13H17N3O2. The Bertz CT molecular complexity index is 466. The number of unbranched alkanes of at least 4 members (excludes halogenated alkanes) is 1. The number of nitriles is 1. The van der Waals surface area contributed by atoms with E-state index >= 15 is 0 Å². The van der Waals surface area contributed by atoms with Crippen molar-refractivity contribution in [2.75, 3.05) is 5.32 Å². The highest BCUT2D eigenvalue weighted by Crippen LogP contribution is 2.13. The Morgan fingerprint density at radius 1 is 1.61 bits per heavy atom. The summed E-state index contributed by atoms with van der Waals surface area (Å²) in [7, 11) is 0. The van der Waals surface area contributed by atoms with Crippen molar-refractivity contribution in [1.29, 1.82) is 5.26 Å². The van der Waals surface area contributed by atoms with Gasteiger partial charge in [-0.05, 0) is 25.5 Å². The second kappa shape index (κ2) is 6.60. The molecule has 96 valence electrons. The molecule has 0 aliphatic rings. The van der Waals surface area contributed by atoms with Gasteiger partial charge in [0.25, 0.3) is 0 Å². The van der Waals surface area contributed by atoms with Gasteiger partial charge in [-0.25, -0.2) is 9.78 Å². The van der Waals surface area contributed by atoms with Gasteiger partial charge in [-0.2, -0.15) is 5.26 Å². The van der Waals surface area contributed by atoms with Crippen LogP contribution < -0.4 is 5.32 Å². The molecule has 1 unspecified atom stereocenters. The first-order chi connectivity index (χ1) is 8.58. The van der Waals surface area contributed by atoms with Crippen molar-refractivity contribution < 1.29 is 9.90 Å². The van der Waals surface area contributed by atoms with Crippen LogP contribution in [0.15, 0.2) is 12.1 Å². The minimum atomic E-state index is -0.882. The fraction of sp³-hybridized carbons (Fsp3) is 0.462. The van der Waals surface area contributed by atoms with Crippen molar-refractivity contribution >= 4 is 11.8 Å². The van der Waals surface area contributed by atoms with Crippen molar-refractivity contribution in [3.05, 3.63) is 23.4 Å². The van der Waals surface area contributed by atoms with Crippen LogP contribution in [0, 0.1) is 18.3 Å². The van der Waals surface area contributed by atoms with Gasteiger partial charge in [0, 0.05) is 0 Å². The molecule has 0 aliphatic carbocycles. The van der Waals surface area contributed by atoms with Gasteiger partial charge in [0.05, 0.1) is 11.3 Å². The standard InChI is InChI=1S/C13H17N3O2/c1-3-4-5-11(13(17)18)16-12-7-6-10(8-14)9(2)15-12/h6-7,11H,3-5H2,1-2H3,(H,15,16)(H,17,18). The monoisotopic (exact) mass is 247 g/mol. The number of anilines is 1. The summed E-state index contributed by atoms with van der Waals surface area (Å²) in [6.07, 6.45) is 2.36.